The lowest BCUT2D eigenvalue weighted by molar-refractivity contribution is 0.343. The number of aromatic nitrogens is 4. The van der Waals surface area contributed by atoms with Gasteiger partial charge in [-0.3, -0.25) is 14.5 Å². The van der Waals surface area contributed by atoms with E-state index in [0.717, 1.165) is 22.3 Å². The summed E-state index contributed by atoms with van der Waals surface area (Å²) in [6.45, 7) is 2.41. The first-order chi connectivity index (χ1) is 12.6. The number of aromatic amines is 1. The lowest BCUT2D eigenvalue weighted by Gasteiger charge is -2.16. The van der Waals surface area contributed by atoms with Crippen molar-refractivity contribution in [3.05, 3.63) is 53.2 Å². The van der Waals surface area contributed by atoms with Crippen LogP contribution in [-0.4, -0.2) is 40.2 Å². The molecule has 0 unspecified atom stereocenters. The van der Waals surface area contributed by atoms with Crippen molar-refractivity contribution in [1.82, 2.24) is 19.5 Å². The number of ether oxygens (including phenoxy) is 1. The van der Waals surface area contributed by atoms with E-state index in [1.165, 1.54) is 0 Å². The molecule has 0 saturated heterocycles. The van der Waals surface area contributed by atoms with Crippen molar-refractivity contribution in [2.24, 2.45) is 0 Å². The fourth-order valence-corrected chi connectivity index (χ4v) is 3.17. The summed E-state index contributed by atoms with van der Waals surface area (Å²) in [5.41, 5.74) is 3.52. The van der Waals surface area contributed by atoms with Crippen LogP contribution in [0, 0.1) is 0 Å². The van der Waals surface area contributed by atoms with Crippen LogP contribution < -0.4 is 15.3 Å². The molecule has 0 aliphatic rings. The van der Waals surface area contributed by atoms with Crippen molar-refractivity contribution in [3.8, 4) is 11.4 Å². The molecular weight excluding hydrogens is 330 g/mol. The van der Waals surface area contributed by atoms with E-state index in [1.807, 2.05) is 50.2 Å². The lowest BCUT2D eigenvalue weighted by atomic mass is 10.1. The number of rotatable bonds is 4. The van der Waals surface area contributed by atoms with Gasteiger partial charge in [0.05, 0.1) is 17.8 Å². The molecule has 3 aromatic heterocycles. The molecular formula is C19H19N5O2. The van der Waals surface area contributed by atoms with Gasteiger partial charge in [0, 0.05) is 43.6 Å². The topological polar surface area (TPSA) is 76.0 Å². The number of imidazole rings is 1. The van der Waals surface area contributed by atoms with Gasteiger partial charge in [-0.05, 0) is 31.2 Å². The number of hydrogen-bond donors (Lipinski definition) is 1. The van der Waals surface area contributed by atoms with Gasteiger partial charge in [-0.25, -0.2) is 9.78 Å². The average Bonchev–Trinajstić information content (AvgIpc) is 2.97. The number of nitrogens with zero attached hydrogens (tertiary/aromatic N) is 4. The van der Waals surface area contributed by atoms with Gasteiger partial charge in [0.25, 0.3) is 0 Å². The number of hydrogen-bond acceptors (Lipinski definition) is 5. The molecule has 0 saturated carbocycles. The van der Waals surface area contributed by atoms with E-state index < -0.39 is 0 Å². The molecule has 7 heteroatoms. The second kappa shape index (κ2) is 6.18. The van der Waals surface area contributed by atoms with Gasteiger partial charge < -0.3 is 9.64 Å². The van der Waals surface area contributed by atoms with Crippen LogP contribution in [0.1, 0.15) is 6.92 Å². The van der Waals surface area contributed by atoms with Crippen LogP contribution >= 0.6 is 0 Å². The summed E-state index contributed by atoms with van der Waals surface area (Å²) in [4.78, 5) is 26.1. The van der Waals surface area contributed by atoms with Crippen LogP contribution in [-0.2, 0) is 0 Å². The minimum absolute atomic E-state index is 0.255. The lowest BCUT2D eigenvalue weighted by Crippen LogP contribution is -2.15. The molecule has 0 amide bonds. The van der Waals surface area contributed by atoms with Crippen LogP contribution in [0.2, 0.25) is 0 Å². The van der Waals surface area contributed by atoms with E-state index >= 15 is 0 Å². The fraction of sp³-hybridized carbons (Fsp3) is 0.211. The highest BCUT2D eigenvalue weighted by Crippen LogP contribution is 2.29. The highest BCUT2D eigenvalue weighted by Gasteiger charge is 2.16. The highest BCUT2D eigenvalue weighted by atomic mass is 16.5. The summed E-state index contributed by atoms with van der Waals surface area (Å²) in [6.07, 6.45) is 3.41. The molecule has 0 spiro atoms. The smallest absolute Gasteiger partial charge is 0.332 e. The van der Waals surface area contributed by atoms with E-state index in [0.29, 0.717) is 23.5 Å². The fourth-order valence-electron chi connectivity index (χ4n) is 3.17. The molecule has 0 aliphatic carbocycles. The molecule has 7 nitrogen and oxygen atoms in total. The summed E-state index contributed by atoms with van der Waals surface area (Å²) in [6, 6.07) is 9.49. The van der Waals surface area contributed by atoms with Crippen LogP contribution in [0.3, 0.4) is 0 Å². The maximum Gasteiger partial charge on any atom is 0.332 e. The Morgan fingerprint density at radius 3 is 2.73 bits per heavy atom. The third kappa shape index (κ3) is 2.48. The predicted octanol–water partition coefficient (Wildman–Crippen LogP) is 2.73. The minimum atomic E-state index is -0.255. The van der Waals surface area contributed by atoms with Crippen LogP contribution in [0.5, 0.6) is 5.75 Å². The molecule has 4 rings (SSSR count). The van der Waals surface area contributed by atoms with Crippen molar-refractivity contribution in [2.75, 3.05) is 25.6 Å². The molecule has 0 radical (unpaired) electrons. The normalized spacial score (nSPS) is 11.2. The molecule has 3 heterocycles. The number of pyridine rings is 2. The van der Waals surface area contributed by atoms with Crippen molar-refractivity contribution in [2.45, 2.75) is 6.92 Å². The van der Waals surface area contributed by atoms with E-state index in [9.17, 15) is 4.79 Å². The van der Waals surface area contributed by atoms with E-state index in [-0.39, 0.29) is 5.69 Å². The second-order valence-electron chi connectivity index (χ2n) is 6.13. The standard InChI is InChI=1S/C19H19N5O2/c1-4-26-16-8-10-21-18-17(16)24(19(25)22-18)12-5-6-14-13(11-12)15(23(2)3)7-9-20-14/h5-11H,4H2,1-3H3,(H,21,22,25). The van der Waals surface area contributed by atoms with Crippen molar-refractivity contribution >= 4 is 27.8 Å². The highest BCUT2D eigenvalue weighted by molar-refractivity contribution is 5.93. The van der Waals surface area contributed by atoms with Gasteiger partial charge in [0.15, 0.2) is 5.65 Å². The maximum absolute atomic E-state index is 12.6. The molecule has 1 N–H and O–H groups in total. The summed E-state index contributed by atoms with van der Waals surface area (Å²) in [5.74, 6) is 0.620. The van der Waals surface area contributed by atoms with Crippen LogP contribution in [0.4, 0.5) is 5.69 Å². The molecule has 0 fully saturated rings. The third-order valence-electron chi connectivity index (χ3n) is 4.28. The minimum Gasteiger partial charge on any atom is -0.491 e. The van der Waals surface area contributed by atoms with Gasteiger partial charge in [-0.2, -0.15) is 0 Å². The Morgan fingerprint density at radius 1 is 1.15 bits per heavy atom. The number of H-pyrrole nitrogens is 1. The zero-order valence-corrected chi connectivity index (χ0v) is 14.9. The Kier molecular flexibility index (Phi) is 3.84. The Hall–Kier alpha value is -3.35. The van der Waals surface area contributed by atoms with Crippen molar-refractivity contribution in [3.63, 3.8) is 0 Å². The number of anilines is 1. The molecule has 4 aromatic rings. The number of benzene rings is 1. The van der Waals surface area contributed by atoms with Gasteiger partial charge in [-0.15, -0.1) is 0 Å². The van der Waals surface area contributed by atoms with Gasteiger partial charge in [0.2, 0.25) is 0 Å². The number of nitrogens with one attached hydrogen (secondary N) is 1. The Balaban J connectivity index is 2.03. The van der Waals surface area contributed by atoms with Gasteiger partial charge >= 0.3 is 5.69 Å². The number of fused-ring (bicyclic) bond motifs is 2. The quantitative estimate of drug-likeness (QED) is 0.613. The molecule has 132 valence electrons. The SMILES string of the molecule is CCOc1ccnc2[nH]c(=O)n(-c3ccc4nccc(N(C)C)c4c3)c12. The first-order valence-corrected chi connectivity index (χ1v) is 8.39. The Labute approximate surface area is 149 Å². The van der Waals surface area contributed by atoms with Gasteiger partial charge in [0.1, 0.15) is 11.3 Å². The van der Waals surface area contributed by atoms with Crippen LogP contribution in [0.25, 0.3) is 27.8 Å². The van der Waals surface area contributed by atoms with E-state index in [1.54, 1.807) is 23.0 Å². The van der Waals surface area contributed by atoms with Crippen molar-refractivity contribution < 1.29 is 4.74 Å². The maximum atomic E-state index is 12.6. The summed E-state index contributed by atoms with van der Waals surface area (Å²) in [7, 11) is 3.97. The summed E-state index contributed by atoms with van der Waals surface area (Å²) in [5, 5.41) is 0.970. The van der Waals surface area contributed by atoms with E-state index in [2.05, 4.69) is 15.0 Å². The largest absolute Gasteiger partial charge is 0.491 e. The summed E-state index contributed by atoms with van der Waals surface area (Å²) < 4.78 is 7.30. The van der Waals surface area contributed by atoms with E-state index in [4.69, 9.17) is 4.74 Å². The molecule has 0 aliphatic heterocycles. The first-order valence-electron chi connectivity index (χ1n) is 8.39. The Morgan fingerprint density at radius 2 is 1.96 bits per heavy atom. The third-order valence-corrected chi connectivity index (χ3v) is 4.28. The second-order valence-corrected chi connectivity index (χ2v) is 6.13. The molecule has 0 bridgehead atoms. The Bertz CT molecular complexity index is 1160. The summed E-state index contributed by atoms with van der Waals surface area (Å²) >= 11 is 0. The zero-order chi connectivity index (χ0) is 18.3. The zero-order valence-electron chi connectivity index (χ0n) is 14.9. The first kappa shape index (κ1) is 16.1. The van der Waals surface area contributed by atoms with Crippen LogP contribution in [0.15, 0.2) is 47.5 Å². The predicted molar refractivity (Wildman–Crippen MR) is 102 cm³/mol. The van der Waals surface area contributed by atoms with Crippen molar-refractivity contribution in [1.29, 1.82) is 0 Å². The monoisotopic (exact) mass is 349 g/mol. The molecule has 0 atom stereocenters. The molecule has 26 heavy (non-hydrogen) atoms. The van der Waals surface area contributed by atoms with Gasteiger partial charge in [-0.1, -0.05) is 0 Å². The molecule has 1 aromatic carbocycles. The average molecular weight is 349 g/mol.